The standard InChI is InChI=1S/C14H8BrClN2O3/c15-10-5-7(1-3-11(10)16)13-17-14(21-18-13)9-6-8(19)2-4-12(9)20/h1-6,19-20H. The van der Waals surface area contributed by atoms with Gasteiger partial charge in [0.15, 0.2) is 0 Å². The molecule has 2 aromatic carbocycles. The molecule has 2 N–H and O–H groups in total. The predicted molar refractivity (Wildman–Crippen MR) is 81.2 cm³/mol. The van der Waals surface area contributed by atoms with Crippen molar-refractivity contribution in [2.24, 2.45) is 0 Å². The lowest BCUT2D eigenvalue weighted by molar-refractivity contribution is 0.423. The largest absolute Gasteiger partial charge is 0.508 e. The van der Waals surface area contributed by atoms with E-state index in [1.165, 1.54) is 18.2 Å². The molecule has 3 rings (SSSR count). The number of nitrogens with zero attached hydrogens (tertiary/aromatic N) is 2. The molecule has 0 aliphatic rings. The van der Waals surface area contributed by atoms with Gasteiger partial charge in [-0.1, -0.05) is 16.8 Å². The molecule has 7 heteroatoms. The van der Waals surface area contributed by atoms with Crippen molar-refractivity contribution in [1.82, 2.24) is 10.1 Å². The van der Waals surface area contributed by atoms with Gasteiger partial charge in [-0.15, -0.1) is 0 Å². The van der Waals surface area contributed by atoms with Crippen LogP contribution in [0.25, 0.3) is 22.8 Å². The maximum atomic E-state index is 9.78. The smallest absolute Gasteiger partial charge is 0.262 e. The molecular weight excluding hydrogens is 360 g/mol. The Morgan fingerprint density at radius 2 is 1.90 bits per heavy atom. The Labute approximate surface area is 132 Å². The van der Waals surface area contributed by atoms with E-state index in [9.17, 15) is 10.2 Å². The minimum absolute atomic E-state index is 0.00297. The molecule has 0 unspecified atom stereocenters. The molecule has 5 nitrogen and oxygen atoms in total. The second kappa shape index (κ2) is 5.38. The van der Waals surface area contributed by atoms with E-state index in [-0.39, 0.29) is 23.0 Å². The van der Waals surface area contributed by atoms with Crippen LogP contribution in [0.1, 0.15) is 0 Å². The van der Waals surface area contributed by atoms with E-state index in [2.05, 4.69) is 26.1 Å². The summed E-state index contributed by atoms with van der Waals surface area (Å²) in [5.41, 5.74) is 0.975. The quantitative estimate of drug-likeness (QED) is 0.663. The lowest BCUT2D eigenvalue weighted by Crippen LogP contribution is -1.82. The first kappa shape index (κ1) is 13.9. The third-order valence-corrected chi connectivity index (χ3v) is 4.03. The zero-order chi connectivity index (χ0) is 15.0. The first-order chi connectivity index (χ1) is 10.0. The Hall–Kier alpha value is -2.05. The van der Waals surface area contributed by atoms with E-state index in [0.29, 0.717) is 20.9 Å². The highest BCUT2D eigenvalue weighted by Gasteiger charge is 2.15. The highest BCUT2D eigenvalue weighted by Crippen LogP contribution is 2.33. The number of aromatic nitrogens is 2. The molecule has 0 saturated heterocycles. The number of rotatable bonds is 2. The summed E-state index contributed by atoms with van der Waals surface area (Å²) in [6, 6.07) is 9.30. The van der Waals surface area contributed by atoms with Crippen LogP contribution in [-0.2, 0) is 0 Å². The predicted octanol–water partition coefficient (Wildman–Crippen LogP) is 4.23. The highest BCUT2D eigenvalue weighted by molar-refractivity contribution is 9.10. The van der Waals surface area contributed by atoms with Crippen molar-refractivity contribution in [2.45, 2.75) is 0 Å². The zero-order valence-electron chi connectivity index (χ0n) is 10.4. The SMILES string of the molecule is Oc1ccc(O)c(-c2nc(-c3ccc(Cl)c(Br)c3)no2)c1. The van der Waals surface area contributed by atoms with E-state index in [1.54, 1.807) is 18.2 Å². The maximum absolute atomic E-state index is 9.78. The van der Waals surface area contributed by atoms with Gasteiger partial charge in [0, 0.05) is 10.0 Å². The normalized spacial score (nSPS) is 10.8. The molecule has 0 aliphatic carbocycles. The molecule has 106 valence electrons. The van der Waals surface area contributed by atoms with Gasteiger partial charge in [0.25, 0.3) is 5.89 Å². The third-order valence-electron chi connectivity index (χ3n) is 2.81. The van der Waals surface area contributed by atoms with Crippen LogP contribution in [0.2, 0.25) is 5.02 Å². The zero-order valence-corrected chi connectivity index (χ0v) is 12.8. The molecule has 0 fully saturated rings. The summed E-state index contributed by atoms with van der Waals surface area (Å²) in [7, 11) is 0. The van der Waals surface area contributed by atoms with E-state index in [4.69, 9.17) is 16.1 Å². The van der Waals surface area contributed by atoms with E-state index in [0.717, 1.165) is 0 Å². The Morgan fingerprint density at radius 1 is 1.10 bits per heavy atom. The van der Waals surface area contributed by atoms with Crippen LogP contribution in [0.4, 0.5) is 0 Å². The number of aromatic hydroxyl groups is 2. The molecule has 0 radical (unpaired) electrons. The fourth-order valence-corrected chi connectivity index (χ4v) is 2.28. The molecule has 0 bridgehead atoms. The Kier molecular flexibility index (Phi) is 3.57. The van der Waals surface area contributed by atoms with Crippen molar-refractivity contribution < 1.29 is 14.7 Å². The monoisotopic (exact) mass is 366 g/mol. The van der Waals surface area contributed by atoms with Crippen LogP contribution < -0.4 is 0 Å². The van der Waals surface area contributed by atoms with Crippen LogP contribution in [0.3, 0.4) is 0 Å². The lowest BCUT2D eigenvalue weighted by atomic mass is 10.2. The highest BCUT2D eigenvalue weighted by atomic mass is 79.9. The van der Waals surface area contributed by atoms with Crippen LogP contribution in [-0.4, -0.2) is 20.4 Å². The topological polar surface area (TPSA) is 79.4 Å². The van der Waals surface area contributed by atoms with Gasteiger partial charge >= 0.3 is 0 Å². The minimum atomic E-state index is -0.0553. The number of halogens is 2. The van der Waals surface area contributed by atoms with Crippen molar-refractivity contribution >= 4 is 27.5 Å². The minimum Gasteiger partial charge on any atom is -0.508 e. The second-order valence-corrected chi connectivity index (χ2v) is 5.52. The Morgan fingerprint density at radius 3 is 2.67 bits per heavy atom. The molecule has 0 saturated carbocycles. The second-order valence-electron chi connectivity index (χ2n) is 4.25. The molecule has 1 aromatic heterocycles. The fraction of sp³-hybridized carbons (Fsp3) is 0. The van der Waals surface area contributed by atoms with E-state index < -0.39 is 0 Å². The van der Waals surface area contributed by atoms with Crippen LogP contribution in [0, 0.1) is 0 Å². The van der Waals surface area contributed by atoms with Crippen molar-refractivity contribution in [2.75, 3.05) is 0 Å². The van der Waals surface area contributed by atoms with E-state index >= 15 is 0 Å². The summed E-state index contributed by atoms with van der Waals surface area (Å²) >= 11 is 9.26. The van der Waals surface area contributed by atoms with Gasteiger partial charge in [0.2, 0.25) is 5.82 Å². The van der Waals surface area contributed by atoms with Gasteiger partial charge in [0.05, 0.1) is 10.6 Å². The van der Waals surface area contributed by atoms with Gasteiger partial charge in [-0.25, -0.2) is 0 Å². The molecule has 0 aliphatic heterocycles. The van der Waals surface area contributed by atoms with Crippen molar-refractivity contribution in [1.29, 1.82) is 0 Å². The number of hydrogen-bond acceptors (Lipinski definition) is 5. The van der Waals surface area contributed by atoms with Crippen molar-refractivity contribution in [3.8, 4) is 34.3 Å². The fourth-order valence-electron chi connectivity index (χ4n) is 1.78. The summed E-state index contributed by atoms with van der Waals surface area (Å²) < 4.78 is 5.85. The van der Waals surface area contributed by atoms with Gasteiger partial charge in [-0.05, 0) is 52.3 Å². The first-order valence-electron chi connectivity index (χ1n) is 5.86. The molecule has 3 aromatic rings. The number of phenolic OH excluding ortho intramolecular Hbond substituents is 2. The van der Waals surface area contributed by atoms with Crippen LogP contribution >= 0.6 is 27.5 Å². The number of phenols is 2. The van der Waals surface area contributed by atoms with Gasteiger partial charge in [-0.3, -0.25) is 0 Å². The van der Waals surface area contributed by atoms with Gasteiger partial charge in [0.1, 0.15) is 11.5 Å². The van der Waals surface area contributed by atoms with Crippen LogP contribution in [0.15, 0.2) is 45.4 Å². The summed E-state index contributed by atoms with van der Waals surface area (Å²) in [6.45, 7) is 0. The number of hydrogen-bond donors (Lipinski definition) is 2. The van der Waals surface area contributed by atoms with Gasteiger partial charge in [-0.2, -0.15) is 4.98 Å². The molecule has 0 atom stereocenters. The first-order valence-corrected chi connectivity index (χ1v) is 7.03. The molecule has 0 amide bonds. The lowest BCUT2D eigenvalue weighted by Gasteiger charge is -1.99. The molecule has 0 spiro atoms. The maximum Gasteiger partial charge on any atom is 0.262 e. The molecule has 21 heavy (non-hydrogen) atoms. The third kappa shape index (κ3) is 2.72. The number of benzene rings is 2. The Balaban J connectivity index is 2.03. The van der Waals surface area contributed by atoms with Crippen molar-refractivity contribution in [3.63, 3.8) is 0 Å². The summed E-state index contributed by atoms with van der Waals surface area (Å²) in [6.07, 6.45) is 0. The van der Waals surface area contributed by atoms with Crippen LogP contribution in [0.5, 0.6) is 11.5 Å². The average molecular weight is 368 g/mol. The molecule has 1 heterocycles. The average Bonchev–Trinajstić information content (AvgIpc) is 2.94. The Bertz CT molecular complexity index is 820. The summed E-state index contributed by atoms with van der Waals surface area (Å²) in [4.78, 5) is 4.21. The van der Waals surface area contributed by atoms with Gasteiger partial charge < -0.3 is 14.7 Å². The van der Waals surface area contributed by atoms with Crippen molar-refractivity contribution in [3.05, 3.63) is 45.9 Å². The summed E-state index contributed by atoms with van der Waals surface area (Å²) in [5, 5.41) is 23.7. The summed E-state index contributed by atoms with van der Waals surface area (Å²) in [5.74, 6) is 0.409. The molecular formula is C14H8BrClN2O3. The van der Waals surface area contributed by atoms with E-state index in [1.807, 2.05) is 0 Å².